The van der Waals surface area contributed by atoms with E-state index in [0.717, 1.165) is 10.1 Å². The lowest BCUT2D eigenvalue weighted by Crippen LogP contribution is -2.50. The molecule has 1 aromatic carbocycles. The highest BCUT2D eigenvalue weighted by molar-refractivity contribution is 7.48. The predicted molar refractivity (Wildman–Crippen MR) is 184 cm³/mol. The van der Waals surface area contributed by atoms with Crippen LogP contribution in [0.25, 0.3) is 0 Å². The fraction of sp³-hybridized carbons (Fsp3) is 0.576. The van der Waals surface area contributed by atoms with Crippen LogP contribution in [0.2, 0.25) is 18.1 Å². The summed E-state index contributed by atoms with van der Waals surface area (Å²) < 4.78 is 72.1. The molecule has 3 fully saturated rings. The van der Waals surface area contributed by atoms with Crippen LogP contribution in [0, 0.1) is 0 Å². The molecule has 0 amide bonds. The van der Waals surface area contributed by atoms with E-state index in [1.54, 1.807) is 4.57 Å². The second-order valence-corrected chi connectivity index (χ2v) is 20.9. The molecule has 0 bridgehead atoms. The highest BCUT2D eigenvalue weighted by Crippen LogP contribution is 2.58. The number of hydrogen-bond acceptors (Lipinski definition) is 14. The molecule has 282 valence electrons. The Labute approximate surface area is 300 Å². The van der Waals surface area contributed by atoms with Gasteiger partial charge >= 0.3 is 19.5 Å². The van der Waals surface area contributed by atoms with Crippen LogP contribution in [0.15, 0.2) is 69.2 Å². The van der Waals surface area contributed by atoms with Gasteiger partial charge in [0.2, 0.25) is 0 Å². The van der Waals surface area contributed by atoms with Crippen molar-refractivity contribution >= 4 is 16.1 Å². The Morgan fingerprint density at radius 1 is 0.962 bits per heavy atom. The molecule has 3 aromatic rings. The number of methoxy groups -OCH3 is 1. The van der Waals surface area contributed by atoms with Crippen LogP contribution in [0.1, 0.15) is 38.8 Å². The summed E-state index contributed by atoms with van der Waals surface area (Å²) in [5.41, 5.74) is -0.814. The van der Waals surface area contributed by atoms with Crippen molar-refractivity contribution in [3.63, 3.8) is 0 Å². The second kappa shape index (κ2) is 14.2. The first-order valence-corrected chi connectivity index (χ1v) is 21.3. The van der Waals surface area contributed by atoms with E-state index in [-0.39, 0.29) is 37.6 Å². The zero-order valence-corrected chi connectivity index (χ0v) is 31.6. The van der Waals surface area contributed by atoms with Gasteiger partial charge in [-0.25, -0.2) is 13.9 Å². The fourth-order valence-electron chi connectivity index (χ4n) is 6.34. The first kappa shape index (κ1) is 37.0. The number of benzene rings is 1. The number of fused-ring (bicyclic) bond motifs is 5. The number of ether oxygens (including phenoxy) is 5. The first-order chi connectivity index (χ1) is 24.7. The SMILES string of the molecule is CO[C@@H]1[C@H](O[Si](C)(C)C(C)(C)C)[C@@H](COP2(=O)OC[C@H]3O[C@@H]4[C@@H](Oc5nc(=O)ccn54)[C@@H]3O2)O[C@H]1n1ccc(=O)n(COCc2ccccc2)c1=O. The van der Waals surface area contributed by atoms with E-state index in [2.05, 4.69) is 38.8 Å². The first-order valence-electron chi connectivity index (χ1n) is 17.0. The Balaban J connectivity index is 1.11. The molecule has 7 rings (SSSR count). The van der Waals surface area contributed by atoms with E-state index in [0.29, 0.717) is 0 Å². The Morgan fingerprint density at radius 3 is 2.44 bits per heavy atom. The van der Waals surface area contributed by atoms with E-state index in [1.807, 2.05) is 30.3 Å². The van der Waals surface area contributed by atoms with Gasteiger partial charge in [0, 0.05) is 31.6 Å². The smallest absolute Gasteiger partial charge is 0.453 e. The molecule has 19 heteroatoms. The lowest BCUT2D eigenvalue weighted by Gasteiger charge is -2.40. The van der Waals surface area contributed by atoms with Gasteiger partial charge in [-0.1, -0.05) is 51.1 Å². The zero-order chi connectivity index (χ0) is 37.0. The Bertz CT molecular complexity index is 2000. The molecule has 0 aliphatic carbocycles. The molecule has 17 nitrogen and oxygen atoms in total. The van der Waals surface area contributed by atoms with Gasteiger partial charge in [0.15, 0.2) is 26.9 Å². The molecule has 0 N–H and O–H groups in total. The maximum Gasteiger partial charge on any atom is 0.475 e. The van der Waals surface area contributed by atoms with E-state index >= 15 is 0 Å². The van der Waals surface area contributed by atoms with Crippen LogP contribution in [0.3, 0.4) is 0 Å². The fourth-order valence-corrected chi connectivity index (χ4v) is 9.07. The number of rotatable bonds is 11. The largest absolute Gasteiger partial charge is 0.475 e. The summed E-state index contributed by atoms with van der Waals surface area (Å²) in [6.07, 6.45) is -3.65. The number of phosphoric acid groups is 1. The van der Waals surface area contributed by atoms with Crippen molar-refractivity contribution in [2.75, 3.05) is 20.3 Å². The molecule has 4 aliphatic heterocycles. The van der Waals surface area contributed by atoms with Crippen molar-refractivity contribution in [3.8, 4) is 6.01 Å². The third kappa shape index (κ3) is 7.04. The number of phosphoric ester groups is 1. The molecule has 2 aromatic heterocycles. The van der Waals surface area contributed by atoms with Gasteiger partial charge in [-0.3, -0.25) is 32.3 Å². The Hall–Kier alpha value is -3.29. The van der Waals surface area contributed by atoms with Crippen molar-refractivity contribution in [1.29, 1.82) is 0 Å². The van der Waals surface area contributed by atoms with Crippen LogP contribution in [0.4, 0.5) is 0 Å². The molecule has 3 saturated heterocycles. The highest BCUT2D eigenvalue weighted by Gasteiger charge is 2.59. The van der Waals surface area contributed by atoms with Gasteiger partial charge in [-0.05, 0) is 23.7 Å². The summed E-state index contributed by atoms with van der Waals surface area (Å²) in [5, 5.41) is -0.218. The summed E-state index contributed by atoms with van der Waals surface area (Å²) in [6, 6.07) is 12.0. The maximum absolute atomic E-state index is 14.0. The third-order valence-corrected chi connectivity index (χ3v) is 16.1. The quantitative estimate of drug-likeness (QED) is 0.206. The topological polar surface area (TPSA) is 179 Å². The van der Waals surface area contributed by atoms with Crippen LogP contribution in [-0.2, 0) is 54.8 Å². The molecule has 4 aliphatic rings. The zero-order valence-electron chi connectivity index (χ0n) is 29.7. The Kier molecular flexibility index (Phi) is 10.1. The molecular formula is C33H43N4O13PSi. The summed E-state index contributed by atoms with van der Waals surface area (Å²) in [6.45, 7) is 9.85. The minimum atomic E-state index is -4.23. The Morgan fingerprint density at radius 2 is 1.71 bits per heavy atom. The maximum atomic E-state index is 14.0. The van der Waals surface area contributed by atoms with Gasteiger partial charge in [-0.15, -0.1) is 0 Å². The summed E-state index contributed by atoms with van der Waals surface area (Å²) in [7, 11) is -5.26. The second-order valence-electron chi connectivity index (χ2n) is 14.6. The van der Waals surface area contributed by atoms with Gasteiger partial charge in [0.1, 0.15) is 37.3 Å². The lowest BCUT2D eigenvalue weighted by atomic mass is 10.1. The van der Waals surface area contributed by atoms with Gasteiger partial charge in [-0.2, -0.15) is 4.98 Å². The highest BCUT2D eigenvalue weighted by atomic mass is 31.2. The molecule has 0 saturated carbocycles. The van der Waals surface area contributed by atoms with Crippen molar-refractivity contribution in [2.24, 2.45) is 0 Å². The van der Waals surface area contributed by atoms with Crippen LogP contribution >= 0.6 is 7.82 Å². The van der Waals surface area contributed by atoms with E-state index in [1.165, 1.54) is 36.2 Å². The number of nitrogens with zero attached hydrogens (tertiary/aromatic N) is 4. The minimum absolute atomic E-state index is 0.0674. The van der Waals surface area contributed by atoms with E-state index in [9.17, 15) is 18.9 Å². The number of hydrogen-bond donors (Lipinski definition) is 0. The third-order valence-electron chi connectivity index (χ3n) is 10.1. The molecule has 52 heavy (non-hydrogen) atoms. The van der Waals surface area contributed by atoms with E-state index in [4.69, 9.17) is 41.7 Å². The van der Waals surface area contributed by atoms with Gasteiger partial charge in [0.25, 0.3) is 11.1 Å². The van der Waals surface area contributed by atoms with Crippen LogP contribution < -0.4 is 21.5 Å². The number of aromatic nitrogens is 4. The summed E-state index contributed by atoms with van der Waals surface area (Å²) in [5.74, 6) is 0. The molecule has 0 radical (unpaired) electrons. The molecule has 0 spiro atoms. The van der Waals surface area contributed by atoms with Crippen LogP contribution in [-0.4, -0.2) is 84.0 Å². The average Bonchev–Trinajstić information content (AvgIpc) is 3.74. The van der Waals surface area contributed by atoms with Crippen molar-refractivity contribution in [2.45, 2.75) is 101 Å². The summed E-state index contributed by atoms with van der Waals surface area (Å²) >= 11 is 0. The predicted octanol–water partition coefficient (Wildman–Crippen LogP) is 2.94. The molecular weight excluding hydrogens is 719 g/mol. The van der Waals surface area contributed by atoms with Gasteiger partial charge < -0.3 is 28.1 Å². The molecule has 9 atom stereocenters. The molecule has 1 unspecified atom stereocenters. The lowest BCUT2D eigenvalue weighted by molar-refractivity contribution is -0.0869. The average molecular weight is 763 g/mol. The monoisotopic (exact) mass is 762 g/mol. The summed E-state index contributed by atoms with van der Waals surface area (Å²) in [4.78, 5) is 42.3. The minimum Gasteiger partial charge on any atom is -0.453 e. The van der Waals surface area contributed by atoms with Crippen molar-refractivity contribution < 1.29 is 46.2 Å². The molecule has 6 heterocycles. The normalized spacial score (nSPS) is 31.2. The van der Waals surface area contributed by atoms with E-state index < -0.39 is 82.0 Å². The van der Waals surface area contributed by atoms with Crippen molar-refractivity contribution in [3.05, 3.63) is 91.6 Å². The standard InChI is InChI=1S/C33H43N4O13PSi/c1-33(2,3)52(5,6)50-26-22(18-45-51(41)44-17-21-25(49-51)28-30(46-21)35-14-12-23(38)34-31(35)48-28)47-29(27(26)42-4)36-15-13-24(39)37(32(36)40)19-43-16-20-10-8-7-9-11-20/h7-15,21-22,25-30H,16-19H2,1-6H3/t21-,22-,25-,26-,27-,28+,29-,30-,51?/m1/s1. The van der Waals surface area contributed by atoms with Crippen LogP contribution in [0.5, 0.6) is 6.01 Å². The van der Waals surface area contributed by atoms with Gasteiger partial charge in [0.05, 0.1) is 19.8 Å². The van der Waals surface area contributed by atoms with Crippen molar-refractivity contribution in [1.82, 2.24) is 18.7 Å².